The fraction of sp³-hybridized carbons (Fsp3) is 0.368. The lowest BCUT2D eigenvalue weighted by Gasteiger charge is -2.21. The molecule has 1 nitrogen and oxygen atoms in total. The van der Waals surface area contributed by atoms with E-state index < -0.39 is 5.60 Å². The summed E-state index contributed by atoms with van der Waals surface area (Å²) < 4.78 is 0. The number of allylic oxidation sites excluding steroid dienone is 2. The molecule has 1 unspecified atom stereocenters. The summed E-state index contributed by atoms with van der Waals surface area (Å²) in [5.41, 5.74) is 2.22. The van der Waals surface area contributed by atoms with E-state index in [4.69, 9.17) is 6.42 Å². The third-order valence-electron chi connectivity index (χ3n) is 3.28. The molecule has 0 aliphatic carbocycles. The Labute approximate surface area is 130 Å². The van der Waals surface area contributed by atoms with Crippen molar-refractivity contribution < 1.29 is 5.11 Å². The topological polar surface area (TPSA) is 20.2 Å². The van der Waals surface area contributed by atoms with E-state index in [1.165, 1.54) is 0 Å². The normalized spacial score (nSPS) is 14.6. The van der Waals surface area contributed by atoms with Crippen molar-refractivity contribution in [3.63, 3.8) is 0 Å². The van der Waals surface area contributed by atoms with E-state index in [0.717, 1.165) is 23.1 Å². The van der Waals surface area contributed by atoms with Crippen LogP contribution in [0.25, 0.3) is 5.57 Å². The molecule has 0 bridgehead atoms. The molecule has 0 aliphatic heterocycles. The molecule has 1 rings (SSSR count). The first-order valence-electron chi connectivity index (χ1n) is 7.47. The van der Waals surface area contributed by atoms with Crippen molar-refractivity contribution in [3.8, 4) is 12.3 Å². The van der Waals surface area contributed by atoms with Gasteiger partial charge in [0.25, 0.3) is 0 Å². The third-order valence-corrected chi connectivity index (χ3v) is 3.28. The molecule has 0 saturated heterocycles. The second-order valence-corrected chi connectivity index (χ2v) is 6.26. The number of aliphatic hydroxyl groups is 1. The van der Waals surface area contributed by atoms with Crippen LogP contribution in [0, 0.1) is 12.3 Å². The predicted octanol–water partition coefficient (Wildman–Crippen LogP) is 3.62. The maximum atomic E-state index is 10.4. The van der Waals surface area contributed by atoms with E-state index in [1.54, 1.807) is 0 Å². The minimum atomic E-state index is -0.872. The van der Waals surface area contributed by atoms with Crippen LogP contribution in [0.15, 0.2) is 48.1 Å². The van der Waals surface area contributed by atoms with Crippen molar-refractivity contribution in [1.29, 1.82) is 0 Å². The van der Waals surface area contributed by atoms with Crippen LogP contribution in [0.2, 0.25) is 5.82 Å². The highest BCUT2D eigenvalue weighted by atomic mass is 16.3. The fourth-order valence-corrected chi connectivity index (χ4v) is 2.03. The summed E-state index contributed by atoms with van der Waals surface area (Å²) in [7, 11) is 2.17. The van der Waals surface area contributed by atoms with Gasteiger partial charge >= 0.3 is 0 Å². The Bertz CT molecular complexity index is 539. The maximum Gasteiger partial charge on any atom is 0.105 e. The Morgan fingerprint density at radius 1 is 1.38 bits per heavy atom. The third kappa shape index (κ3) is 6.06. The smallest absolute Gasteiger partial charge is 0.105 e. The second-order valence-electron chi connectivity index (χ2n) is 6.26. The SMILES string of the molecule is BC(C)C/C=C(\C=C(/CC#C)c1ccccc1)C(C)(C)O. The molecule has 0 saturated carbocycles. The average molecular weight is 280 g/mol. The van der Waals surface area contributed by atoms with Crippen molar-refractivity contribution in [3.05, 3.63) is 53.6 Å². The average Bonchev–Trinajstić information content (AvgIpc) is 2.41. The van der Waals surface area contributed by atoms with E-state index in [2.05, 4.69) is 26.8 Å². The zero-order valence-corrected chi connectivity index (χ0v) is 13.6. The van der Waals surface area contributed by atoms with E-state index in [-0.39, 0.29) is 0 Å². The molecule has 0 amide bonds. The van der Waals surface area contributed by atoms with Gasteiger partial charge in [0.15, 0.2) is 0 Å². The molecule has 0 aliphatic rings. The lowest BCUT2D eigenvalue weighted by atomic mass is 9.84. The molecular formula is C19H25BO. The molecule has 0 heterocycles. The van der Waals surface area contributed by atoms with Gasteiger partial charge in [-0.1, -0.05) is 55.2 Å². The standard InChI is InChI=1S/C19H25BO/c1-5-9-17(16-10-7-6-8-11-16)14-18(19(3,4)21)13-12-15(2)20/h1,6-8,10-11,13-15,21H,9,12,20H2,2-4H3/b17-14+,18-13+. The van der Waals surface area contributed by atoms with Crippen LogP contribution in [0.3, 0.4) is 0 Å². The van der Waals surface area contributed by atoms with Gasteiger partial charge in [0.2, 0.25) is 0 Å². The quantitative estimate of drug-likeness (QED) is 0.479. The van der Waals surface area contributed by atoms with E-state index >= 15 is 0 Å². The van der Waals surface area contributed by atoms with Gasteiger partial charge in [0, 0.05) is 6.42 Å². The molecule has 1 aromatic carbocycles. The second kappa shape index (κ2) is 7.91. The zero-order valence-electron chi connectivity index (χ0n) is 13.6. The summed E-state index contributed by atoms with van der Waals surface area (Å²) in [6.07, 6.45) is 11.1. The van der Waals surface area contributed by atoms with Crippen LogP contribution in [-0.4, -0.2) is 18.6 Å². The van der Waals surface area contributed by atoms with Gasteiger partial charge in [0.05, 0.1) is 5.60 Å². The van der Waals surface area contributed by atoms with E-state index in [1.807, 2.05) is 50.3 Å². The first-order valence-corrected chi connectivity index (χ1v) is 7.47. The van der Waals surface area contributed by atoms with Crippen molar-refractivity contribution in [1.82, 2.24) is 0 Å². The molecular weight excluding hydrogens is 255 g/mol. The Kier molecular flexibility index (Phi) is 6.53. The maximum absolute atomic E-state index is 10.4. The molecule has 2 heteroatoms. The first-order chi connectivity index (χ1) is 9.84. The van der Waals surface area contributed by atoms with Gasteiger partial charge in [-0.3, -0.25) is 0 Å². The van der Waals surface area contributed by atoms with Gasteiger partial charge in [-0.05, 0) is 37.0 Å². The summed E-state index contributed by atoms with van der Waals surface area (Å²) >= 11 is 0. The van der Waals surface area contributed by atoms with Gasteiger partial charge in [-0.2, -0.15) is 0 Å². The highest BCUT2D eigenvalue weighted by Crippen LogP contribution is 2.26. The Hall–Kier alpha value is -1.72. The monoisotopic (exact) mass is 280 g/mol. The predicted molar refractivity (Wildman–Crippen MR) is 94.8 cm³/mol. The molecule has 21 heavy (non-hydrogen) atoms. The van der Waals surface area contributed by atoms with Crippen LogP contribution in [0.1, 0.15) is 39.2 Å². The van der Waals surface area contributed by atoms with E-state index in [0.29, 0.717) is 12.2 Å². The molecule has 1 atom stereocenters. The molecule has 0 fully saturated rings. The largest absolute Gasteiger partial charge is 0.386 e. The van der Waals surface area contributed by atoms with Crippen LogP contribution < -0.4 is 0 Å². The summed E-state index contributed by atoms with van der Waals surface area (Å²) in [6, 6.07) is 10.1. The summed E-state index contributed by atoms with van der Waals surface area (Å²) in [5, 5.41) is 10.4. The number of terminal acetylenes is 1. The van der Waals surface area contributed by atoms with Crippen molar-refractivity contribution in [2.45, 2.75) is 45.0 Å². The number of hydrogen-bond donors (Lipinski definition) is 1. The van der Waals surface area contributed by atoms with Gasteiger partial charge in [0.1, 0.15) is 7.85 Å². The van der Waals surface area contributed by atoms with Gasteiger partial charge in [-0.15, -0.1) is 12.3 Å². The van der Waals surface area contributed by atoms with Crippen LogP contribution in [0.4, 0.5) is 0 Å². The van der Waals surface area contributed by atoms with E-state index in [9.17, 15) is 5.11 Å². The van der Waals surface area contributed by atoms with Gasteiger partial charge in [-0.25, -0.2) is 0 Å². The van der Waals surface area contributed by atoms with Crippen LogP contribution in [0.5, 0.6) is 0 Å². The van der Waals surface area contributed by atoms with Crippen molar-refractivity contribution >= 4 is 13.4 Å². The minimum Gasteiger partial charge on any atom is -0.386 e. The lowest BCUT2D eigenvalue weighted by Crippen LogP contribution is -2.21. The molecule has 0 aromatic heterocycles. The van der Waals surface area contributed by atoms with Crippen LogP contribution >= 0.6 is 0 Å². The fourth-order valence-electron chi connectivity index (χ4n) is 2.03. The summed E-state index contributed by atoms with van der Waals surface area (Å²) in [4.78, 5) is 0. The number of hydrogen-bond acceptors (Lipinski definition) is 1. The Morgan fingerprint density at radius 3 is 2.48 bits per heavy atom. The highest BCUT2D eigenvalue weighted by molar-refractivity contribution is 6.11. The molecule has 0 spiro atoms. The van der Waals surface area contributed by atoms with Crippen molar-refractivity contribution in [2.75, 3.05) is 0 Å². The molecule has 110 valence electrons. The molecule has 0 radical (unpaired) electrons. The van der Waals surface area contributed by atoms with Crippen LogP contribution in [-0.2, 0) is 0 Å². The number of benzene rings is 1. The molecule has 1 aromatic rings. The zero-order chi connectivity index (χ0) is 15.9. The highest BCUT2D eigenvalue weighted by Gasteiger charge is 2.18. The number of rotatable bonds is 6. The van der Waals surface area contributed by atoms with Gasteiger partial charge < -0.3 is 5.11 Å². The first kappa shape index (κ1) is 17.3. The summed E-state index contributed by atoms with van der Waals surface area (Å²) in [5.74, 6) is 3.27. The Balaban J connectivity index is 3.21. The Morgan fingerprint density at radius 2 is 2.00 bits per heavy atom. The lowest BCUT2D eigenvalue weighted by molar-refractivity contribution is 0.123. The minimum absolute atomic E-state index is 0.555. The molecule has 1 N–H and O–H groups in total. The summed E-state index contributed by atoms with van der Waals surface area (Å²) in [6.45, 7) is 5.80. The van der Waals surface area contributed by atoms with Crippen molar-refractivity contribution in [2.24, 2.45) is 0 Å².